The lowest BCUT2D eigenvalue weighted by Gasteiger charge is -2.32. The molecule has 2 amide bonds. The molecule has 35 heavy (non-hydrogen) atoms. The van der Waals surface area contributed by atoms with Crippen LogP contribution in [-0.4, -0.2) is 57.1 Å². The first-order chi connectivity index (χ1) is 16.6. The van der Waals surface area contributed by atoms with E-state index in [4.69, 9.17) is 4.74 Å². The highest BCUT2D eigenvalue weighted by atomic mass is 32.2. The van der Waals surface area contributed by atoms with Gasteiger partial charge in [0.2, 0.25) is 21.8 Å². The molecular formula is C26H35N3O5S. The second-order valence-corrected chi connectivity index (χ2v) is 11.0. The molecule has 0 unspecified atom stereocenters. The van der Waals surface area contributed by atoms with Crippen LogP contribution in [0.4, 0.5) is 5.69 Å². The molecule has 9 heteroatoms. The van der Waals surface area contributed by atoms with Crippen molar-refractivity contribution in [1.82, 2.24) is 10.2 Å². The third-order valence-electron chi connectivity index (χ3n) is 6.50. The number of anilines is 1. The van der Waals surface area contributed by atoms with Gasteiger partial charge in [0.15, 0.2) is 0 Å². The van der Waals surface area contributed by atoms with E-state index in [1.807, 2.05) is 31.2 Å². The minimum absolute atomic E-state index is 0.112. The van der Waals surface area contributed by atoms with E-state index in [0.29, 0.717) is 5.75 Å². The number of sulfonamides is 1. The molecular weight excluding hydrogens is 466 g/mol. The molecule has 8 nitrogen and oxygen atoms in total. The molecule has 3 rings (SSSR count). The number of ether oxygens (including phenoxy) is 1. The highest BCUT2D eigenvalue weighted by Crippen LogP contribution is 2.29. The number of methoxy groups -OCH3 is 1. The van der Waals surface area contributed by atoms with E-state index in [1.165, 1.54) is 12.0 Å². The van der Waals surface area contributed by atoms with Crippen LogP contribution in [0.25, 0.3) is 0 Å². The lowest BCUT2D eigenvalue weighted by atomic mass is 10.1. The number of rotatable bonds is 10. The van der Waals surface area contributed by atoms with Gasteiger partial charge >= 0.3 is 0 Å². The van der Waals surface area contributed by atoms with Crippen LogP contribution >= 0.6 is 0 Å². The normalized spacial score (nSPS) is 14.9. The molecule has 1 fully saturated rings. The Hall–Kier alpha value is -3.07. The van der Waals surface area contributed by atoms with Crippen LogP contribution < -0.4 is 14.4 Å². The van der Waals surface area contributed by atoms with E-state index < -0.39 is 28.5 Å². The van der Waals surface area contributed by atoms with Crippen LogP contribution in [0.1, 0.15) is 43.7 Å². The fraction of sp³-hybridized carbons (Fsp3) is 0.462. The third kappa shape index (κ3) is 6.75. The monoisotopic (exact) mass is 501 g/mol. The highest BCUT2D eigenvalue weighted by Gasteiger charge is 2.32. The lowest BCUT2D eigenvalue weighted by molar-refractivity contribution is -0.139. The summed E-state index contributed by atoms with van der Waals surface area (Å²) in [5.74, 6) is -0.371. The maximum Gasteiger partial charge on any atom is 0.244 e. The molecule has 0 bridgehead atoms. The first kappa shape index (κ1) is 26.5. The summed E-state index contributed by atoms with van der Waals surface area (Å²) in [6, 6.07) is 13.6. The lowest BCUT2D eigenvalue weighted by Crippen LogP contribution is -2.52. The minimum Gasteiger partial charge on any atom is -0.495 e. The van der Waals surface area contributed by atoms with E-state index in [9.17, 15) is 18.0 Å². The van der Waals surface area contributed by atoms with Gasteiger partial charge in [-0.3, -0.25) is 13.9 Å². The summed E-state index contributed by atoms with van der Waals surface area (Å²) in [5.41, 5.74) is 2.15. The Morgan fingerprint density at radius 3 is 2.34 bits per heavy atom. The molecule has 0 heterocycles. The summed E-state index contributed by atoms with van der Waals surface area (Å²) < 4.78 is 31.8. The molecule has 1 atom stereocenters. The number of nitrogens with one attached hydrogen (secondary N) is 1. The van der Waals surface area contributed by atoms with Gasteiger partial charge in [0, 0.05) is 12.6 Å². The standard InChI is InChI=1S/C26H35N3O5S/c1-19-11-5-6-12-21(19)17-28(20(2)26(31)27-22-13-7-8-14-22)25(30)18-29(35(4,32)33)23-15-9-10-16-24(23)34-3/h5-6,9-12,15-16,20,22H,7-8,13-14,17-18H2,1-4H3,(H,27,31)/t20-/m1/s1. The topological polar surface area (TPSA) is 96.0 Å². The average molecular weight is 502 g/mol. The number of carbonyl (C=O) groups excluding carboxylic acids is 2. The van der Waals surface area contributed by atoms with Crippen LogP contribution in [0.3, 0.4) is 0 Å². The Labute approximate surface area is 208 Å². The van der Waals surface area contributed by atoms with Crippen LogP contribution in [-0.2, 0) is 26.2 Å². The summed E-state index contributed by atoms with van der Waals surface area (Å²) in [6.07, 6.45) is 5.06. The molecule has 1 aliphatic rings. The molecule has 1 aliphatic carbocycles. The van der Waals surface area contributed by atoms with E-state index in [-0.39, 0.29) is 24.2 Å². The second kappa shape index (κ2) is 11.6. The maximum atomic E-state index is 13.7. The molecule has 1 saturated carbocycles. The van der Waals surface area contributed by atoms with Crippen molar-refractivity contribution in [2.75, 3.05) is 24.2 Å². The van der Waals surface area contributed by atoms with Gasteiger partial charge in [-0.15, -0.1) is 0 Å². The Kier molecular flexibility index (Phi) is 8.77. The Balaban J connectivity index is 1.91. The zero-order valence-electron chi connectivity index (χ0n) is 20.9. The van der Waals surface area contributed by atoms with E-state index >= 15 is 0 Å². The van der Waals surface area contributed by atoms with E-state index in [0.717, 1.165) is 47.4 Å². The van der Waals surface area contributed by atoms with Gasteiger partial charge in [0.05, 0.1) is 19.1 Å². The van der Waals surface area contributed by atoms with Crippen molar-refractivity contribution in [3.63, 3.8) is 0 Å². The van der Waals surface area contributed by atoms with Crippen molar-refractivity contribution in [3.8, 4) is 5.75 Å². The maximum absolute atomic E-state index is 13.7. The summed E-state index contributed by atoms with van der Waals surface area (Å²) in [5, 5.41) is 3.06. The van der Waals surface area contributed by atoms with Crippen molar-refractivity contribution in [3.05, 3.63) is 59.7 Å². The molecule has 0 radical (unpaired) electrons. The fourth-order valence-electron chi connectivity index (χ4n) is 4.38. The summed E-state index contributed by atoms with van der Waals surface area (Å²) in [6.45, 7) is 3.37. The highest BCUT2D eigenvalue weighted by molar-refractivity contribution is 7.92. The van der Waals surface area contributed by atoms with Gasteiger partial charge in [-0.25, -0.2) is 8.42 Å². The third-order valence-corrected chi connectivity index (χ3v) is 7.63. The SMILES string of the molecule is COc1ccccc1N(CC(=O)N(Cc1ccccc1C)[C@H](C)C(=O)NC1CCCC1)S(C)(=O)=O. The van der Waals surface area contributed by atoms with Gasteiger partial charge in [0.1, 0.15) is 18.3 Å². The van der Waals surface area contributed by atoms with Crippen molar-refractivity contribution in [2.24, 2.45) is 0 Å². The second-order valence-electron chi connectivity index (χ2n) is 9.06. The van der Waals surface area contributed by atoms with Crippen LogP contribution in [0.2, 0.25) is 0 Å². The van der Waals surface area contributed by atoms with Gasteiger partial charge in [-0.1, -0.05) is 49.2 Å². The first-order valence-corrected chi connectivity index (χ1v) is 13.7. The molecule has 1 N–H and O–H groups in total. The van der Waals surface area contributed by atoms with Crippen LogP contribution in [0, 0.1) is 6.92 Å². The first-order valence-electron chi connectivity index (χ1n) is 11.9. The van der Waals surface area contributed by atoms with E-state index in [2.05, 4.69) is 5.32 Å². The van der Waals surface area contributed by atoms with Crippen molar-refractivity contribution in [2.45, 2.75) is 58.2 Å². The molecule has 0 aromatic heterocycles. The molecule has 2 aromatic rings. The van der Waals surface area contributed by atoms with Gasteiger partial charge in [-0.05, 0) is 49.9 Å². The predicted molar refractivity (Wildman–Crippen MR) is 137 cm³/mol. The zero-order valence-corrected chi connectivity index (χ0v) is 21.7. The van der Waals surface area contributed by atoms with Gasteiger partial charge < -0.3 is 15.0 Å². The number of para-hydroxylation sites is 2. The number of hydrogen-bond donors (Lipinski definition) is 1. The molecule has 0 spiro atoms. The summed E-state index contributed by atoms with van der Waals surface area (Å²) >= 11 is 0. The van der Waals surface area contributed by atoms with Crippen molar-refractivity contribution >= 4 is 27.5 Å². The predicted octanol–water partition coefficient (Wildman–Crippen LogP) is 3.25. The van der Waals surface area contributed by atoms with Gasteiger partial charge in [0.25, 0.3) is 0 Å². The molecule has 2 aromatic carbocycles. The minimum atomic E-state index is -3.82. The Morgan fingerprint density at radius 2 is 1.71 bits per heavy atom. The number of benzene rings is 2. The van der Waals surface area contributed by atoms with E-state index in [1.54, 1.807) is 31.2 Å². The number of hydrogen-bond acceptors (Lipinski definition) is 5. The molecule has 0 aliphatic heterocycles. The quantitative estimate of drug-likeness (QED) is 0.539. The van der Waals surface area contributed by atoms with Crippen LogP contribution in [0.5, 0.6) is 5.75 Å². The molecule has 190 valence electrons. The summed E-state index contributed by atoms with van der Waals surface area (Å²) in [4.78, 5) is 28.2. The number of nitrogens with zero attached hydrogens (tertiary/aromatic N) is 2. The zero-order chi connectivity index (χ0) is 25.6. The number of aryl methyl sites for hydroxylation is 1. The van der Waals surface area contributed by atoms with Crippen molar-refractivity contribution in [1.29, 1.82) is 0 Å². The number of carbonyl (C=O) groups is 2. The Morgan fingerprint density at radius 1 is 1.09 bits per heavy atom. The van der Waals surface area contributed by atoms with Gasteiger partial charge in [-0.2, -0.15) is 0 Å². The van der Waals surface area contributed by atoms with Crippen molar-refractivity contribution < 1.29 is 22.7 Å². The molecule has 0 saturated heterocycles. The number of amides is 2. The van der Waals surface area contributed by atoms with Crippen LogP contribution in [0.15, 0.2) is 48.5 Å². The Bertz CT molecular complexity index is 1150. The fourth-order valence-corrected chi connectivity index (χ4v) is 5.23. The largest absolute Gasteiger partial charge is 0.495 e. The average Bonchev–Trinajstić information content (AvgIpc) is 3.33. The smallest absolute Gasteiger partial charge is 0.244 e. The summed E-state index contributed by atoms with van der Waals surface area (Å²) in [7, 11) is -2.37.